The lowest BCUT2D eigenvalue weighted by Crippen LogP contribution is -2.41. The summed E-state index contributed by atoms with van der Waals surface area (Å²) in [5.74, 6) is -0.907. The predicted octanol–water partition coefficient (Wildman–Crippen LogP) is 3.55. The maximum Gasteiger partial charge on any atom is 0.410 e. The molecule has 1 aromatic carbocycles. The molecule has 0 bridgehead atoms. The van der Waals surface area contributed by atoms with Gasteiger partial charge in [-0.15, -0.1) is 0 Å². The molecule has 38 heavy (non-hydrogen) atoms. The second-order valence-corrected chi connectivity index (χ2v) is 10.6. The molecule has 1 fully saturated rings. The summed E-state index contributed by atoms with van der Waals surface area (Å²) in [6, 6.07) is 6.97. The average Bonchev–Trinajstić information content (AvgIpc) is 2.87. The number of hydrogen-bond donors (Lipinski definition) is 2. The zero-order valence-corrected chi connectivity index (χ0v) is 22.5. The number of carbonyl (C=O) groups is 3. The fourth-order valence-corrected chi connectivity index (χ4v) is 4.39. The first kappa shape index (κ1) is 28.9. The Morgan fingerprint density at radius 1 is 1.08 bits per heavy atom. The second-order valence-electron chi connectivity index (χ2n) is 10.6. The van der Waals surface area contributed by atoms with Gasteiger partial charge in [0.1, 0.15) is 17.0 Å². The Morgan fingerprint density at radius 2 is 1.74 bits per heavy atom. The fourth-order valence-electron chi connectivity index (χ4n) is 4.39. The summed E-state index contributed by atoms with van der Waals surface area (Å²) < 4.78 is 20.0. The quantitative estimate of drug-likeness (QED) is 0.510. The lowest BCUT2D eigenvalue weighted by atomic mass is 9.92. The van der Waals surface area contributed by atoms with E-state index in [1.54, 1.807) is 17.0 Å². The first-order valence-electron chi connectivity index (χ1n) is 12.9. The van der Waals surface area contributed by atoms with Gasteiger partial charge in [-0.25, -0.2) is 9.18 Å². The number of carbonyl (C=O) groups excluding carboxylic acids is 3. The van der Waals surface area contributed by atoms with Gasteiger partial charge in [0, 0.05) is 32.9 Å². The molecule has 1 saturated heterocycles. The molecule has 2 aromatic rings. The number of piperidine rings is 1. The lowest BCUT2D eigenvalue weighted by Gasteiger charge is -2.33. The molecule has 0 unspecified atom stereocenters. The summed E-state index contributed by atoms with van der Waals surface area (Å²) in [6.07, 6.45) is 4.59. The van der Waals surface area contributed by atoms with Crippen LogP contribution in [0.25, 0.3) is 0 Å². The number of nitrogens with one attached hydrogen (secondary N) is 2. The summed E-state index contributed by atoms with van der Waals surface area (Å²) in [5, 5.41) is 5.30. The number of amides is 3. The Labute approximate surface area is 222 Å². The SMILES string of the molecule is CNC(=O)c1cc(C(=O)NCCCC2CCN(C(=O)OC(C)(C)C)CC2)cn(Cc2ccc(F)cc2)c1=O. The number of halogens is 1. The summed E-state index contributed by atoms with van der Waals surface area (Å²) in [5.41, 5.74) is -0.342. The highest BCUT2D eigenvalue weighted by Gasteiger charge is 2.26. The molecule has 2 heterocycles. The minimum absolute atomic E-state index is 0.0895. The van der Waals surface area contributed by atoms with Gasteiger partial charge < -0.3 is 24.8 Å². The van der Waals surface area contributed by atoms with E-state index < -0.39 is 22.9 Å². The number of pyridine rings is 1. The van der Waals surface area contributed by atoms with Crippen LogP contribution in [-0.4, -0.2) is 59.7 Å². The number of benzene rings is 1. The number of aromatic nitrogens is 1. The average molecular weight is 529 g/mol. The van der Waals surface area contributed by atoms with Crippen LogP contribution in [-0.2, 0) is 11.3 Å². The highest BCUT2D eigenvalue weighted by molar-refractivity contribution is 5.99. The fraction of sp³-hybridized carbons (Fsp3) is 0.500. The van der Waals surface area contributed by atoms with E-state index in [-0.39, 0.29) is 29.7 Å². The van der Waals surface area contributed by atoms with Crippen molar-refractivity contribution in [2.75, 3.05) is 26.7 Å². The first-order chi connectivity index (χ1) is 18.0. The van der Waals surface area contributed by atoms with Crippen molar-refractivity contribution in [3.05, 3.63) is 69.4 Å². The number of ether oxygens (including phenoxy) is 1. The molecule has 0 radical (unpaired) electrons. The van der Waals surface area contributed by atoms with Crippen LogP contribution in [0.1, 0.15) is 72.7 Å². The van der Waals surface area contributed by atoms with Crippen LogP contribution < -0.4 is 16.2 Å². The molecule has 1 aromatic heterocycles. The van der Waals surface area contributed by atoms with Crippen molar-refractivity contribution < 1.29 is 23.5 Å². The summed E-state index contributed by atoms with van der Waals surface area (Å²) >= 11 is 0. The van der Waals surface area contributed by atoms with Gasteiger partial charge in [-0.3, -0.25) is 14.4 Å². The molecule has 0 saturated carbocycles. The van der Waals surface area contributed by atoms with Gasteiger partial charge in [0.15, 0.2) is 0 Å². The molecule has 206 valence electrons. The van der Waals surface area contributed by atoms with Gasteiger partial charge in [-0.1, -0.05) is 12.1 Å². The van der Waals surface area contributed by atoms with Gasteiger partial charge in [-0.05, 0) is 76.1 Å². The Hall–Kier alpha value is -3.69. The standard InChI is InChI=1S/C28H37FN4O5/c1-28(2,3)38-27(37)32-14-11-19(12-15-32)6-5-13-31-24(34)21-16-23(25(35)30-4)26(36)33(18-21)17-20-7-9-22(29)10-8-20/h7-10,16,18-19H,5-6,11-15,17H2,1-4H3,(H,30,35)(H,31,34). The van der Waals surface area contributed by atoms with Crippen molar-refractivity contribution in [3.8, 4) is 0 Å². The van der Waals surface area contributed by atoms with Crippen LogP contribution in [0.4, 0.5) is 9.18 Å². The monoisotopic (exact) mass is 528 g/mol. The van der Waals surface area contributed by atoms with Crippen molar-refractivity contribution >= 4 is 17.9 Å². The van der Waals surface area contributed by atoms with Gasteiger partial charge in [0.25, 0.3) is 17.4 Å². The highest BCUT2D eigenvalue weighted by Crippen LogP contribution is 2.23. The number of likely N-dealkylation sites (tertiary alicyclic amines) is 1. The van der Waals surface area contributed by atoms with Crippen LogP contribution in [0, 0.1) is 11.7 Å². The minimum atomic E-state index is -0.588. The van der Waals surface area contributed by atoms with Gasteiger partial charge in [0.05, 0.1) is 12.1 Å². The van der Waals surface area contributed by atoms with Crippen LogP contribution >= 0.6 is 0 Å². The molecule has 0 atom stereocenters. The van der Waals surface area contributed by atoms with E-state index in [0.717, 1.165) is 25.7 Å². The molecular weight excluding hydrogens is 491 g/mol. The molecule has 3 amide bonds. The maximum atomic E-state index is 13.3. The minimum Gasteiger partial charge on any atom is -0.444 e. The van der Waals surface area contributed by atoms with Crippen LogP contribution in [0.15, 0.2) is 41.3 Å². The van der Waals surface area contributed by atoms with Gasteiger partial charge in [-0.2, -0.15) is 0 Å². The second kappa shape index (κ2) is 12.7. The Bertz CT molecular complexity index is 1200. The van der Waals surface area contributed by atoms with Crippen LogP contribution in [0.2, 0.25) is 0 Å². The van der Waals surface area contributed by atoms with Crippen LogP contribution in [0.3, 0.4) is 0 Å². The number of hydrogen-bond acceptors (Lipinski definition) is 5. The normalized spacial score (nSPS) is 14.2. The molecule has 1 aliphatic heterocycles. The van der Waals surface area contributed by atoms with Crippen molar-refractivity contribution in [1.82, 2.24) is 20.1 Å². The van der Waals surface area contributed by atoms with Crippen molar-refractivity contribution in [3.63, 3.8) is 0 Å². The van der Waals surface area contributed by atoms with Gasteiger partial charge in [0.2, 0.25) is 0 Å². The van der Waals surface area contributed by atoms with E-state index >= 15 is 0 Å². The Balaban J connectivity index is 1.55. The topological polar surface area (TPSA) is 110 Å². The molecule has 9 nitrogen and oxygen atoms in total. The van der Waals surface area contributed by atoms with E-state index in [2.05, 4.69) is 10.6 Å². The largest absolute Gasteiger partial charge is 0.444 e. The van der Waals surface area contributed by atoms with E-state index in [4.69, 9.17) is 4.74 Å². The predicted molar refractivity (Wildman–Crippen MR) is 142 cm³/mol. The van der Waals surface area contributed by atoms with Crippen molar-refractivity contribution in [2.24, 2.45) is 5.92 Å². The molecule has 0 aliphatic carbocycles. The van der Waals surface area contributed by atoms with E-state index in [1.165, 1.54) is 36.0 Å². The Kier molecular flexibility index (Phi) is 9.66. The molecule has 0 spiro atoms. The van der Waals surface area contributed by atoms with E-state index in [0.29, 0.717) is 31.1 Å². The summed E-state index contributed by atoms with van der Waals surface area (Å²) in [6.45, 7) is 7.40. The highest BCUT2D eigenvalue weighted by atomic mass is 19.1. The van der Waals surface area contributed by atoms with Crippen molar-refractivity contribution in [2.45, 2.75) is 58.6 Å². The Morgan fingerprint density at radius 3 is 2.34 bits per heavy atom. The van der Waals surface area contributed by atoms with E-state index in [9.17, 15) is 23.6 Å². The van der Waals surface area contributed by atoms with Crippen LogP contribution in [0.5, 0.6) is 0 Å². The smallest absolute Gasteiger partial charge is 0.410 e. The molecular formula is C28H37FN4O5. The summed E-state index contributed by atoms with van der Waals surface area (Å²) in [7, 11) is 1.41. The molecule has 3 rings (SSSR count). The van der Waals surface area contributed by atoms with Crippen molar-refractivity contribution in [1.29, 1.82) is 0 Å². The zero-order valence-electron chi connectivity index (χ0n) is 22.5. The summed E-state index contributed by atoms with van der Waals surface area (Å²) in [4.78, 5) is 52.0. The third-order valence-corrected chi connectivity index (χ3v) is 6.43. The molecule has 2 N–H and O–H groups in total. The molecule has 1 aliphatic rings. The number of rotatable bonds is 8. The third-order valence-electron chi connectivity index (χ3n) is 6.43. The van der Waals surface area contributed by atoms with E-state index in [1.807, 2.05) is 20.8 Å². The zero-order chi connectivity index (χ0) is 27.9. The number of nitrogens with zero attached hydrogens (tertiary/aromatic N) is 2. The third kappa shape index (κ3) is 8.16. The first-order valence-corrected chi connectivity index (χ1v) is 12.9. The molecule has 10 heteroatoms. The lowest BCUT2D eigenvalue weighted by molar-refractivity contribution is 0.0180. The maximum absolute atomic E-state index is 13.3. The van der Waals surface area contributed by atoms with Gasteiger partial charge >= 0.3 is 6.09 Å².